The first-order valence-corrected chi connectivity index (χ1v) is 9.27. The summed E-state index contributed by atoms with van der Waals surface area (Å²) in [6, 6.07) is 0. The maximum atomic E-state index is 12.6. The van der Waals surface area contributed by atoms with Crippen molar-refractivity contribution in [2.24, 2.45) is 0 Å². The van der Waals surface area contributed by atoms with Gasteiger partial charge in [0.1, 0.15) is 0 Å². The monoisotopic (exact) mass is 352 g/mol. The zero-order valence-electron chi connectivity index (χ0n) is 17.0. The molecule has 0 bridgehead atoms. The van der Waals surface area contributed by atoms with Crippen LogP contribution < -0.4 is 0 Å². The van der Waals surface area contributed by atoms with Crippen LogP contribution in [0.15, 0.2) is 11.5 Å². The summed E-state index contributed by atoms with van der Waals surface area (Å²) in [6.07, 6.45) is 4.25. The Labute approximate surface area is 152 Å². The molecule has 0 aliphatic carbocycles. The number of ether oxygens (including phenoxy) is 2. The second-order valence-corrected chi connectivity index (χ2v) is 8.91. The Balaban J connectivity index is 2.20. The highest BCUT2D eigenvalue weighted by atomic mass is 16.7. The Morgan fingerprint density at radius 1 is 1.12 bits per heavy atom. The van der Waals surface area contributed by atoms with E-state index < -0.39 is 29.5 Å². The van der Waals surface area contributed by atoms with E-state index in [9.17, 15) is 4.79 Å². The summed E-state index contributed by atoms with van der Waals surface area (Å²) in [4.78, 5) is 12.6. The Morgan fingerprint density at radius 2 is 1.68 bits per heavy atom. The quantitative estimate of drug-likeness (QED) is 0.427. The smallest absolute Gasteiger partial charge is 0.464 e. The second-order valence-electron chi connectivity index (χ2n) is 8.91. The molecule has 2 rings (SSSR count). The maximum Gasteiger partial charge on any atom is 0.490 e. The van der Waals surface area contributed by atoms with Crippen molar-refractivity contribution in [2.75, 3.05) is 6.61 Å². The van der Waals surface area contributed by atoms with Crippen molar-refractivity contribution < 1.29 is 23.6 Å². The van der Waals surface area contributed by atoms with E-state index in [1.54, 1.807) is 6.92 Å². The number of carbonyl (C=O) groups excluding carboxylic acids is 1. The summed E-state index contributed by atoms with van der Waals surface area (Å²) >= 11 is 0. The molecule has 0 N–H and O–H groups in total. The zero-order valence-corrected chi connectivity index (χ0v) is 17.0. The largest absolute Gasteiger partial charge is 0.490 e. The molecular formula is C19H33BO5. The summed E-state index contributed by atoms with van der Waals surface area (Å²) in [5, 5.41) is 0. The molecule has 0 aromatic heterocycles. The van der Waals surface area contributed by atoms with E-state index in [1.807, 2.05) is 47.6 Å². The van der Waals surface area contributed by atoms with E-state index in [1.165, 1.54) is 0 Å². The van der Waals surface area contributed by atoms with Crippen LogP contribution in [0.5, 0.6) is 0 Å². The molecule has 6 heteroatoms. The van der Waals surface area contributed by atoms with Crippen LogP contribution >= 0.6 is 0 Å². The minimum absolute atomic E-state index is 0.323. The van der Waals surface area contributed by atoms with Gasteiger partial charge in [-0.25, -0.2) is 4.79 Å². The lowest BCUT2D eigenvalue weighted by molar-refractivity contribution is -0.185. The molecule has 0 amide bonds. The van der Waals surface area contributed by atoms with Crippen LogP contribution in [0, 0.1) is 0 Å². The number of carbonyl (C=O) groups is 1. The average molecular weight is 352 g/mol. The molecule has 2 aliphatic heterocycles. The van der Waals surface area contributed by atoms with Crippen LogP contribution in [0.25, 0.3) is 0 Å². The molecule has 2 aliphatic rings. The maximum absolute atomic E-state index is 12.6. The Morgan fingerprint density at radius 3 is 2.20 bits per heavy atom. The topological polar surface area (TPSA) is 54.0 Å². The number of unbranched alkanes of at least 4 members (excludes halogenated alkanes) is 1. The normalized spacial score (nSPS) is 30.1. The SMILES string of the molecule is CCCCOC(=O)C1(C)CC(B2OC(C)(C)C(C)(C)O2)=CC(C)(C)O1. The second kappa shape index (κ2) is 6.71. The fourth-order valence-corrected chi connectivity index (χ4v) is 3.25. The molecule has 1 unspecified atom stereocenters. The summed E-state index contributed by atoms with van der Waals surface area (Å²) in [6.45, 7) is 16.3. The molecule has 1 atom stereocenters. The van der Waals surface area contributed by atoms with Gasteiger partial charge in [0.05, 0.1) is 23.4 Å². The Bertz CT molecular complexity index is 536. The van der Waals surface area contributed by atoms with Gasteiger partial charge in [-0.05, 0) is 60.4 Å². The molecule has 2 heterocycles. The van der Waals surface area contributed by atoms with Crippen molar-refractivity contribution in [2.45, 2.75) is 97.1 Å². The fourth-order valence-electron chi connectivity index (χ4n) is 3.25. The summed E-state index contributed by atoms with van der Waals surface area (Å²) in [7, 11) is -0.476. The zero-order chi connectivity index (χ0) is 19.1. The van der Waals surface area contributed by atoms with Gasteiger partial charge in [-0.3, -0.25) is 0 Å². The molecule has 5 nitrogen and oxygen atoms in total. The Hall–Kier alpha value is -0.845. The van der Waals surface area contributed by atoms with Gasteiger partial charge >= 0.3 is 13.1 Å². The van der Waals surface area contributed by atoms with Crippen molar-refractivity contribution >= 4 is 13.1 Å². The lowest BCUT2D eigenvalue weighted by Gasteiger charge is -2.40. The molecule has 0 aromatic carbocycles. The lowest BCUT2D eigenvalue weighted by atomic mass is 9.69. The number of esters is 1. The van der Waals surface area contributed by atoms with Gasteiger partial charge in [-0.1, -0.05) is 19.4 Å². The summed E-state index contributed by atoms with van der Waals surface area (Å²) < 4.78 is 23.9. The first-order chi connectivity index (χ1) is 11.3. The predicted octanol–water partition coefficient (Wildman–Crippen LogP) is 3.85. The highest BCUT2D eigenvalue weighted by Crippen LogP contribution is 2.43. The van der Waals surface area contributed by atoms with Gasteiger partial charge in [0.15, 0.2) is 5.60 Å². The van der Waals surface area contributed by atoms with E-state index >= 15 is 0 Å². The summed E-state index contributed by atoms with van der Waals surface area (Å²) in [5.74, 6) is -0.323. The van der Waals surface area contributed by atoms with Crippen molar-refractivity contribution in [3.63, 3.8) is 0 Å². The van der Waals surface area contributed by atoms with Gasteiger partial charge in [0, 0.05) is 6.42 Å². The fraction of sp³-hybridized carbons (Fsp3) is 0.842. The van der Waals surface area contributed by atoms with E-state index in [0.29, 0.717) is 13.0 Å². The average Bonchev–Trinajstić information content (AvgIpc) is 2.65. The third kappa shape index (κ3) is 4.29. The van der Waals surface area contributed by atoms with Crippen LogP contribution in [0.2, 0.25) is 0 Å². The molecule has 0 radical (unpaired) electrons. The van der Waals surface area contributed by atoms with Crippen LogP contribution in [0.3, 0.4) is 0 Å². The lowest BCUT2D eigenvalue weighted by Crippen LogP contribution is -2.50. The highest BCUT2D eigenvalue weighted by Gasteiger charge is 2.55. The van der Waals surface area contributed by atoms with Gasteiger partial charge in [-0.2, -0.15) is 0 Å². The van der Waals surface area contributed by atoms with E-state index in [2.05, 4.69) is 6.92 Å². The van der Waals surface area contributed by atoms with E-state index in [-0.39, 0.29) is 5.97 Å². The van der Waals surface area contributed by atoms with E-state index in [0.717, 1.165) is 18.3 Å². The third-order valence-corrected chi connectivity index (χ3v) is 5.28. The number of rotatable bonds is 5. The first-order valence-electron chi connectivity index (χ1n) is 9.27. The standard InChI is InChI=1S/C19H33BO5/c1-9-10-11-22-15(21)19(8)13-14(12-16(2,3)23-19)20-24-17(4,5)18(6,7)25-20/h12H,9-11,13H2,1-8H3. The van der Waals surface area contributed by atoms with Gasteiger partial charge < -0.3 is 18.8 Å². The third-order valence-electron chi connectivity index (χ3n) is 5.28. The van der Waals surface area contributed by atoms with Gasteiger partial charge in [0.2, 0.25) is 0 Å². The van der Waals surface area contributed by atoms with Crippen LogP contribution in [0.4, 0.5) is 0 Å². The van der Waals surface area contributed by atoms with Crippen molar-refractivity contribution in [3.05, 3.63) is 11.5 Å². The molecule has 1 fully saturated rings. The van der Waals surface area contributed by atoms with Crippen molar-refractivity contribution in [3.8, 4) is 0 Å². The number of hydrogen-bond donors (Lipinski definition) is 0. The Kier molecular flexibility index (Phi) is 5.49. The van der Waals surface area contributed by atoms with Crippen LogP contribution in [-0.2, 0) is 23.6 Å². The minimum Gasteiger partial charge on any atom is -0.464 e. The minimum atomic E-state index is -1.04. The molecule has 1 saturated heterocycles. The number of hydrogen-bond acceptors (Lipinski definition) is 5. The molecule has 25 heavy (non-hydrogen) atoms. The molecular weight excluding hydrogens is 319 g/mol. The van der Waals surface area contributed by atoms with Crippen LogP contribution in [-0.4, -0.2) is 42.1 Å². The van der Waals surface area contributed by atoms with Crippen molar-refractivity contribution in [1.29, 1.82) is 0 Å². The molecule has 0 aromatic rings. The molecule has 0 saturated carbocycles. The summed E-state index contributed by atoms with van der Waals surface area (Å²) in [5.41, 5.74) is -1.54. The van der Waals surface area contributed by atoms with Gasteiger partial charge in [-0.15, -0.1) is 0 Å². The molecule has 0 spiro atoms. The highest BCUT2D eigenvalue weighted by molar-refractivity contribution is 6.54. The van der Waals surface area contributed by atoms with Gasteiger partial charge in [0.25, 0.3) is 0 Å². The first kappa shape index (κ1) is 20.5. The van der Waals surface area contributed by atoms with E-state index in [4.69, 9.17) is 18.8 Å². The van der Waals surface area contributed by atoms with Crippen molar-refractivity contribution in [1.82, 2.24) is 0 Å². The predicted molar refractivity (Wildman–Crippen MR) is 98.2 cm³/mol. The molecule has 142 valence electrons. The van der Waals surface area contributed by atoms with Crippen LogP contribution in [0.1, 0.15) is 74.7 Å².